The van der Waals surface area contributed by atoms with Gasteiger partial charge in [-0.1, -0.05) is 12.1 Å². The number of carbonyl (C=O) groups is 1. The number of nitrogens with two attached hydrogens (primary N) is 1. The molecular formula is C24H31N7O2. The maximum Gasteiger partial charge on any atom is 0.220 e. The fourth-order valence-corrected chi connectivity index (χ4v) is 5.27. The van der Waals surface area contributed by atoms with Crippen molar-refractivity contribution in [3.05, 3.63) is 30.6 Å². The van der Waals surface area contributed by atoms with Gasteiger partial charge in [-0.05, 0) is 37.8 Å². The van der Waals surface area contributed by atoms with Gasteiger partial charge in [0.25, 0.3) is 0 Å². The normalized spacial score (nSPS) is 22.8. The highest BCUT2D eigenvalue weighted by Gasteiger charge is 2.33. The molecule has 1 saturated heterocycles. The van der Waals surface area contributed by atoms with Gasteiger partial charge in [0.1, 0.15) is 17.8 Å². The molecule has 9 nitrogen and oxygen atoms in total. The van der Waals surface area contributed by atoms with Gasteiger partial charge in [0.05, 0.1) is 19.3 Å². The first kappa shape index (κ1) is 21.5. The first-order chi connectivity index (χ1) is 16.2. The molecular weight excluding hydrogens is 418 g/mol. The number of aliphatic imine (C=N–C) groups is 1. The number of rotatable bonds is 5. The quantitative estimate of drug-likeness (QED) is 0.748. The van der Waals surface area contributed by atoms with Crippen molar-refractivity contribution in [3.8, 4) is 5.75 Å². The van der Waals surface area contributed by atoms with Crippen LogP contribution in [-0.4, -0.2) is 68.0 Å². The molecule has 0 radical (unpaired) electrons. The van der Waals surface area contributed by atoms with E-state index in [2.05, 4.69) is 30.7 Å². The van der Waals surface area contributed by atoms with Crippen molar-refractivity contribution in [1.82, 2.24) is 9.97 Å². The lowest BCUT2D eigenvalue weighted by Gasteiger charge is -2.40. The van der Waals surface area contributed by atoms with Crippen molar-refractivity contribution in [3.63, 3.8) is 0 Å². The van der Waals surface area contributed by atoms with E-state index in [1.54, 1.807) is 13.4 Å². The van der Waals surface area contributed by atoms with Crippen molar-refractivity contribution in [2.45, 2.75) is 31.7 Å². The Hall–Kier alpha value is -3.36. The fourth-order valence-electron chi connectivity index (χ4n) is 5.27. The minimum atomic E-state index is -0.175. The Morgan fingerprint density at radius 2 is 1.70 bits per heavy atom. The summed E-state index contributed by atoms with van der Waals surface area (Å²) >= 11 is 0. The van der Waals surface area contributed by atoms with Crippen LogP contribution in [0.1, 0.15) is 25.7 Å². The monoisotopic (exact) mass is 449 g/mol. The molecule has 1 saturated carbocycles. The number of amides is 1. The Morgan fingerprint density at radius 1 is 1.00 bits per heavy atom. The minimum Gasteiger partial charge on any atom is -0.495 e. The van der Waals surface area contributed by atoms with Gasteiger partial charge in [0.2, 0.25) is 5.91 Å². The Bertz CT molecular complexity index is 1030. The van der Waals surface area contributed by atoms with Crippen LogP contribution >= 0.6 is 0 Å². The molecule has 2 aliphatic heterocycles. The topological polar surface area (TPSA) is 100 Å². The van der Waals surface area contributed by atoms with Crippen LogP contribution < -0.4 is 25.2 Å². The van der Waals surface area contributed by atoms with E-state index in [1.165, 1.54) is 0 Å². The second-order valence-electron chi connectivity index (χ2n) is 8.89. The number of fused-ring (bicyclic) bond motifs is 1. The van der Waals surface area contributed by atoms with Gasteiger partial charge in [-0.15, -0.1) is 0 Å². The highest BCUT2D eigenvalue weighted by atomic mass is 16.5. The van der Waals surface area contributed by atoms with Crippen LogP contribution in [0.2, 0.25) is 0 Å². The number of anilines is 3. The van der Waals surface area contributed by atoms with E-state index in [0.29, 0.717) is 6.04 Å². The smallest absolute Gasteiger partial charge is 0.220 e. The largest absolute Gasteiger partial charge is 0.495 e. The summed E-state index contributed by atoms with van der Waals surface area (Å²) in [5.41, 5.74) is 7.50. The minimum absolute atomic E-state index is 0.000303. The number of hydrogen-bond acceptors (Lipinski definition) is 8. The lowest BCUT2D eigenvalue weighted by molar-refractivity contribution is -0.122. The molecule has 0 unspecified atom stereocenters. The lowest BCUT2D eigenvalue weighted by Crippen LogP contribution is -2.47. The van der Waals surface area contributed by atoms with Crippen molar-refractivity contribution in [1.29, 1.82) is 0 Å². The van der Waals surface area contributed by atoms with E-state index in [-0.39, 0.29) is 11.8 Å². The van der Waals surface area contributed by atoms with Crippen molar-refractivity contribution in [2.24, 2.45) is 16.6 Å². The van der Waals surface area contributed by atoms with Gasteiger partial charge in [0, 0.05) is 44.4 Å². The highest BCUT2D eigenvalue weighted by Crippen LogP contribution is 2.40. The first-order valence-electron chi connectivity index (χ1n) is 11.7. The number of carbonyl (C=O) groups excluding carboxylic acids is 1. The third-order valence-corrected chi connectivity index (χ3v) is 7.10. The van der Waals surface area contributed by atoms with Crippen molar-refractivity contribution >= 4 is 35.1 Å². The van der Waals surface area contributed by atoms with Crippen LogP contribution in [0.4, 0.5) is 23.0 Å². The predicted molar refractivity (Wildman–Crippen MR) is 130 cm³/mol. The van der Waals surface area contributed by atoms with E-state index < -0.39 is 0 Å². The van der Waals surface area contributed by atoms with Crippen LogP contribution in [0, 0.1) is 5.92 Å². The maximum atomic E-state index is 11.6. The zero-order valence-electron chi connectivity index (χ0n) is 19.1. The summed E-state index contributed by atoms with van der Waals surface area (Å²) in [5, 5.41) is 0. The SMILES string of the molecule is COc1ccccc1N1CCN(c2ncnc3c2N=CCN3C2CCC(C(N)=O)CC2)CC1. The number of aromatic nitrogens is 2. The molecule has 0 spiro atoms. The Balaban J connectivity index is 1.31. The summed E-state index contributed by atoms with van der Waals surface area (Å²) < 4.78 is 5.55. The third-order valence-electron chi connectivity index (χ3n) is 7.10. The second-order valence-corrected chi connectivity index (χ2v) is 8.89. The van der Waals surface area contributed by atoms with Crippen LogP contribution in [0.5, 0.6) is 5.75 Å². The molecule has 1 amide bonds. The Morgan fingerprint density at radius 3 is 2.42 bits per heavy atom. The average Bonchev–Trinajstić information content (AvgIpc) is 2.88. The number of methoxy groups -OCH3 is 1. The summed E-state index contributed by atoms with van der Waals surface area (Å²) in [5.74, 6) is 2.52. The molecule has 174 valence electrons. The van der Waals surface area contributed by atoms with Gasteiger partial charge in [-0.2, -0.15) is 0 Å². The van der Waals surface area contributed by atoms with Gasteiger partial charge in [-0.3, -0.25) is 9.79 Å². The molecule has 2 N–H and O–H groups in total. The molecule has 5 rings (SSSR count). The van der Waals surface area contributed by atoms with E-state index in [9.17, 15) is 4.79 Å². The van der Waals surface area contributed by atoms with E-state index >= 15 is 0 Å². The number of piperazine rings is 1. The fraction of sp³-hybridized carbons (Fsp3) is 0.500. The van der Waals surface area contributed by atoms with Crippen molar-refractivity contribution in [2.75, 3.05) is 54.5 Å². The zero-order valence-corrected chi connectivity index (χ0v) is 19.1. The number of primary amides is 1. The summed E-state index contributed by atoms with van der Waals surface area (Å²) in [6.07, 6.45) is 7.18. The molecule has 0 bridgehead atoms. The van der Waals surface area contributed by atoms with Crippen LogP contribution in [0.25, 0.3) is 0 Å². The Kier molecular flexibility index (Phi) is 6.02. The Labute approximate surface area is 194 Å². The molecule has 2 aromatic rings. The van der Waals surface area contributed by atoms with Crippen LogP contribution in [0.15, 0.2) is 35.6 Å². The molecule has 3 aliphatic rings. The van der Waals surface area contributed by atoms with Crippen molar-refractivity contribution < 1.29 is 9.53 Å². The molecule has 1 aromatic heterocycles. The van der Waals surface area contributed by atoms with Gasteiger partial charge < -0.3 is 25.2 Å². The number of nitrogens with zero attached hydrogens (tertiary/aromatic N) is 6. The van der Waals surface area contributed by atoms with E-state index in [1.807, 2.05) is 24.4 Å². The number of ether oxygens (including phenoxy) is 1. The standard InChI is InChI=1S/C24H31N7O2/c1-33-20-5-3-2-4-19(20)29-12-14-30(15-13-29)23-21-24(28-16-27-23)31(11-10-26-21)18-8-6-17(7-9-18)22(25)32/h2-5,10,16-18H,6-9,11-15H2,1H3,(H2,25,32). The first-order valence-corrected chi connectivity index (χ1v) is 11.7. The van der Waals surface area contributed by atoms with Crippen LogP contribution in [0.3, 0.4) is 0 Å². The van der Waals surface area contributed by atoms with Gasteiger partial charge in [-0.25, -0.2) is 9.97 Å². The zero-order chi connectivity index (χ0) is 22.8. The number of hydrogen-bond donors (Lipinski definition) is 1. The van der Waals surface area contributed by atoms with Crippen LogP contribution in [-0.2, 0) is 4.79 Å². The van der Waals surface area contributed by atoms with Gasteiger partial charge >= 0.3 is 0 Å². The van der Waals surface area contributed by atoms with E-state index in [0.717, 1.165) is 87.2 Å². The van der Waals surface area contributed by atoms with E-state index in [4.69, 9.17) is 15.5 Å². The second kappa shape index (κ2) is 9.25. The lowest BCUT2D eigenvalue weighted by atomic mass is 9.85. The molecule has 9 heteroatoms. The maximum absolute atomic E-state index is 11.6. The summed E-state index contributed by atoms with van der Waals surface area (Å²) in [6.45, 7) is 4.19. The highest BCUT2D eigenvalue weighted by molar-refractivity contribution is 5.86. The van der Waals surface area contributed by atoms with Gasteiger partial charge in [0.15, 0.2) is 11.6 Å². The molecule has 1 aliphatic carbocycles. The average molecular weight is 450 g/mol. The molecule has 3 heterocycles. The molecule has 1 aromatic carbocycles. The molecule has 33 heavy (non-hydrogen) atoms. The summed E-state index contributed by atoms with van der Waals surface area (Å²) in [7, 11) is 1.71. The molecule has 2 fully saturated rings. The number of para-hydroxylation sites is 2. The third kappa shape index (κ3) is 4.19. The predicted octanol–water partition coefficient (Wildman–Crippen LogP) is 2.38. The summed E-state index contributed by atoms with van der Waals surface area (Å²) in [6, 6.07) is 8.50. The summed E-state index contributed by atoms with van der Waals surface area (Å²) in [4.78, 5) is 32.5. The molecule has 0 atom stereocenters. The number of benzene rings is 1.